The second-order valence-electron chi connectivity index (χ2n) is 3.64. The van der Waals surface area contributed by atoms with Gasteiger partial charge in [-0.05, 0) is 31.2 Å². The highest BCUT2D eigenvalue weighted by Gasteiger charge is 2.05. The summed E-state index contributed by atoms with van der Waals surface area (Å²) < 4.78 is 1.53. The molecule has 17 heavy (non-hydrogen) atoms. The monoisotopic (exact) mass is 229 g/mol. The molecule has 0 unspecified atom stereocenters. The van der Waals surface area contributed by atoms with Crippen LogP contribution in [0, 0.1) is 0 Å². The molecule has 0 atom stereocenters. The largest absolute Gasteiger partial charge is 0.366 e. The van der Waals surface area contributed by atoms with E-state index in [0.29, 0.717) is 11.1 Å². The number of carbonyl (C=O) groups excluding carboxylic acids is 2. The number of primary amides is 1. The van der Waals surface area contributed by atoms with E-state index in [1.165, 1.54) is 17.8 Å². The zero-order valence-electron chi connectivity index (χ0n) is 9.25. The number of carbonyl (C=O) groups is 2. The van der Waals surface area contributed by atoms with Gasteiger partial charge >= 0.3 is 0 Å². The second kappa shape index (κ2) is 4.21. The molecule has 5 nitrogen and oxygen atoms in total. The Balaban J connectivity index is 2.33. The molecular formula is C12H11N3O2. The van der Waals surface area contributed by atoms with Crippen LogP contribution in [-0.4, -0.2) is 21.5 Å². The van der Waals surface area contributed by atoms with Crippen LogP contribution in [-0.2, 0) is 0 Å². The van der Waals surface area contributed by atoms with Gasteiger partial charge in [0.2, 0.25) is 0 Å². The lowest BCUT2D eigenvalue weighted by Crippen LogP contribution is -2.09. The first-order valence-corrected chi connectivity index (χ1v) is 5.04. The fourth-order valence-electron chi connectivity index (χ4n) is 1.44. The molecule has 0 spiro atoms. The quantitative estimate of drug-likeness (QED) is 0.802. The molecule has 2 N–H and O–H groups in total. The first-order chi connectivity index (χ1) is 8.08. The minimum absolute atomic E-state index is 0.00911. The number of ketones is 1. The average molecular weight is 229 g/mol. The van der Waals surface area contributed by atoms with Gasteiger partial charge in [-0.2, -0.15) is 5.10 Å². The molecule has 86 valence electrons. The predicted molar refractivity (Wildman–Crippen MR) is 62.1 cm³/mol. The smallest absolute Gasteiger partial charge is 0.251 e. The van der Waals surface area contributed by atoms with E-state index in [-0.39, 0.29) is 5.78 Å². The second-order valence-corrected chi connectivity index (χ2v) is 3.64. The summed E-state index contributed by atoms with van der Waals surface area (Å²) in [7, 11) is 0. The number of nitrogens with two attached hydrogens (primary N) is 1. The summed E-state index contributed by atoms with van der Waals surface area (Å²) in [5.41, 5.74) is 6.88. The van der Waals surface area contributed by atoms with E-state index in [0.717, 1.165) is 5.69 Å². The van der Waals surface area contributed by atoms with Gasteiger partial charge in [0.1, 0.15) is 0 Å². The Hall–Kier alpha value is -2.43. The van der Waals surface area contributed by atoms with Crippen molar-refractivity contribution >= 4 is 11.7 Å². The van der Waals surface area contributed by atoms with Crippen molar-refractivity contribution in [1.29, 1.82) is 0 Å². The van der Waals surface area contributed by atoms with Crippen LogP contribution < -0.4 is 5.73 Å². The third-order valence-electron chi connectivity index (χ3n) is 2.41. The highest BCUT2D eigenvalue weighted by atomic mass is 16.1. The Bertz CT molecular complexity index is 570. The van der Waals surface area contributed by atoms with Gasteiger partial charge in [0.25, 0.3) is 5.91 Å². The van der Waals surface area contributed by atoms with Crippen LogP contribution in [0.2, 0.25) is 0 Å². The Morgan fingerprint density at radius 3 is 2.29 bits per heavy atom. The zero-order chi connectivity index (χ0) is 12.4. The Morgan fingerprint density at radius 2 is 1.82 bits per heavy atom. The molecule has 2 aromatic rings. The highest BCUT2D eigenvalue weighted by molar-refractivity contribution is 5.94. The summed E-state index contributed by atoms with van der Waals surface area (Å²) >= 11 is 0. The van der Waals surface area contributed by atoms with E-state index >= 15 is 0 Å². The van der Waals surface area contributed by atoms with E-state index in [1.54, 1.807) is 30.5 Å². The molecule has 0 aliphatic carbocycles. The SMILES string of the molecule is CC(=O)c1ccc(-n2cc(C(N)=O)cn2)cc1. The van der Waals surface area contributed by atoms with Crippen LogP contribution in [0.3, 0.4) is 0 Å². The number of benzene rings is 1. The lowest BCUT2D eigenvalue weighted by atomic mass is 10.1. The molecule has 0 saturated heterocycles. The number of hydrogen-bond donors (Lipinski definition) is 1. The summed E-state index contributed by atoms with van der Waals surface area (Å²) in [6.07, 6.45) is 2.95. The van der Waals surface area contributed by atoms with Gasteiger partial charge in [0.05, 0.1) is 17.4 Å². The van der Waals surface area contributed by atoms with Gasteiger partial charge in [0, 0.05) is 11.8 Å². The van der Waals surface area contributed by atoms with E-state index in [1.807, 2.05) is 0 Å². The molecule has 5 heteroatoms. The molecule has 0 fully saturated rings. The molecule has 0 aliphatic heterocycles. The van der Waals surface area contributed by atoms with Crippen molar-refractivity contribution in [3.8, 4) is 5.69 Å². The molecule has 0 saturated carbocycles. The molecular weight excluding hydrogens is 218 g/mol. The maximum atomic E-state index is 11.1. The van der Waals surface area contributed by atoms with Gasteiger partial charge < -0.3 is 5.73 Å². The van der Waals surface area contributed by atoms with Gasteiger partial charge in [-0.15, -0.1) is 0 Å². The molecule has 1 aromatic heterocycles. The van der Waals surface area contributed by atoms with Gasteiger partial charge in [-0.3, -0.25) is 9.59 Å². The molecule has 1 heterocycles. The minimum Gasteiger partial charge on any atom is -0.366 e. The molecule has 1 aromatic carbocycles. The first-order valence-electron chi connectivity index (χ1n) is 5.04. The van der Waals surface area contributed by atoms with Crippen LogP contribution in [0.4, 0.5) is 0 Å². The van der Waals surface area contributed by atoms with E-state index < -0.39 is 5.91 Å². The Morgan fingerprint density at radius 1 is 1.18 bits per heavy atom. The number of Topliss-reactive ketones (excluding diaryl/α,β-unsaturated/α-hetero) is 1. The molecule has 2 rings (SSSR count). The lowest BCUT2D eigenvalue weighted by Gasteiger charge is -2.01. The number of nitrogens with zero attached hydrogens (tertiary/aromatic N) is 2. The maximum Gasteiger partial charge on any atom is 0.251 e. The van der Waals surface area contributed by atoms with Crippen molar-refractivity contribution < 1.29 is 9.59 Å². The Labute approximate surface area is 97.9 Å². The fourth-order valence-corrected chi connectivity index (χ4v) is 1.44. The number of hydrogen-bond acceptors (Lipinski definition) is 3. The molecule has 0 radical (unpaired) electrons. The average Bonchev–Trinajstić information content (AvgIpc) is 2.78. The molecule has 0 bridgehead atoms. The summed E-state index contributed by atoms with van der Waals surface area (Å²) in [6, 6.07) is 6.94. The third-order valence-corrected chi connectivity index (χ3v) is 2.41. The van der Waals surface area contributed by atoms with E-state index in [2.05, 4.69) is 5.10 Å². The van der Waals surface area contributed by atoms with Gasteiger partial charge in [-0.1, -0.05) is 0 Å². The highest BCUT2D eigenvalue weighted by Crippen LogP contribution is 2.10. The van der Waals surface area contributed by atoms with Crippen molar-refractivity contribution in [2.75, 3.05) is 0 Å². The summed E-state index contributed by atoms with van der Waals surface area (Å²) in [5.74, 6) is -0.508. The number of aromatic nitrogens is 2. The fraction of sp³-hybridized carbons (Fsp3) is 0.0833. The zero-order valence-corrected chi connectivity index (χ0v) is 9.25. The lowest BCUT2D eigenvalue weighted by molar-refractivity contribution is 0.0996. The van der Waals surface area contributed by atoms with Crippen LogP contribution in [0.1, 0.15) is 27.6 Å². The minimum atomic E-state index is -0.517. The summed E-state index contributed by atoms with van der Waals surface area (Å²) in [4.78, 5) is 22.0. The van der Waals surface area contributed by atoms with Crippen LogP contribution in [0.25, 0.3) is 5.69 Å². The third kappa shape index (κ3) is 2.23. The van der Waals surface area contributed by atoms with Gasteiger partial charge in [-0.25, -0.2) is 4.68 Å². The van der Waals surface area contributed by atoms with Crippen LogP contribution in [0.5, 0.6) is 0 Å². The summed E-state index contributed by atoms with van der Waals surface area (Å²) in [5, 5.41) is 4.01. The molecule has 0 aliphatic rings. The van der Waals surface area contributed by atoms with E-state index in [4.69, 9.17) is 5.73 Å². The summed E-state index contributed by atoms with van der Waals surface area (Å²) in [6.45, 7) is 1.51. The van der Waals surface area contributed by atoms with Crippen molar-refractivity contribution in [2.24, 2.45) is 5.73 Å². The molecule has 1 amide bonds. The van der Waals surface area contributed by atoms with Crippen molar-refractivity contribution in [3.63, 3.8) is 0 Å². The Kier molecular flexibility index (Phi) is 2.74. The number of amides is 1. The topological polar surface area (TPSA) is 78.0 Å². The van der Waals surface area contributed by atoms with Crippen molar-refractivity contribution in [1.82, 2.24) is 9.78 Å². The van der Waals surface area contributed by atoms with E-state index in [9.17, 15) is 9.59 Å². The predicted octanol–water partition coefficient (Wildman–Crippen LogP) is 1.17. The normalized spacial score (nSPS) is 10.2. The standard InChI is InChI=1S/C12H11N3O2/c1-8(16)9-2-4-11(5-3-9)15-7-10(6-14-15)12(13)17/h2-7H,1H3,(H2,13,17). The maximum absolute atomic E-state index is 11.1. The van der Waals surface area contributed by atoms with Crippen LogP contribution >= 0.6 is 0 Å². The van der Waals surface area contributed by atoms with Crippen molar-refractivity contribution in [2.45, 2.75) is 6.92 Å². The number of rotatable bonds is 3. The van der Waals surface area contributed by atoms with Crippen molar-refractivity contribution in [3.05, 3.63) is 47.8 Å². The van der Waals surface area contributed by atoms with Crippen LogP contribution in [0.15, 0.2) is 36.7 Å². The van der Waals surface area contributed by atoms with Gasteiger partial charge in [0.15, 0.2) is 5.78 Å². The first kappa shape index (κ1) is 11.1.